The van der Waals surface area contributed by atoms with Crippen molar-refractivity contribution in [3.8, 4) is 0 Å². The van der Waals surface area contributed by atoms with Crippen LogP contribution >= 0.6 is 0 Å². The maximum atomic E-state index is 14.9. The summed E-state index contributed by atoms with van der Waals surface area (Å²) in [4.78, 5) is 14.4. The summed E-state index contributed by atoms with van der Waals surface area (Å²) in [5, 5.41) is 0. The molecule has 0 bridgehead atoms. The Kier molecular flexibility index (Phi) is 6.28. The van der Waals surface area contributed by atoms with Crippen LogP contribution < -0.4 is 5.73 Å². The molecule has 1 aliphatic carbocycles. The van der Waals surface area contributed by atoms with Crippen LogP contribution in [0, 0.1) is 11.7 Å². The SMILES string of the molecule is CC(C)(C)OC(=O)[C@@H]1CC[C@@H](N2CCC(c3ccc(N)cc3F)CC2)[C@@H](F)C1. The van der Waals surface area contributed by atoms with Crippen molar-refractivity contribution in [1.29, 1.82) is 0 Å². The first kappa shape index (κ1) is 21.0. The summed E-state index contributed by atoms with van der Waals surface area (Å²) in [6, 6.07) is 4.72. The van der Waals surface area contributed by atoms with Gasteiger partial charge in [-0.3, -0.25) is 9.69 Å². The van der Waals surface area contributed by atoms with Crippen molar-refractivity contribution in [2.75, 3.05) is 18.8 Å². The molecule has 0 unspecified atom stereocenters. The molecule has 1 saturated heterocycles. The van der Waals surface area contributed by atoms with Gasteiger partial charge in [0, 0.05) is 11.7 Å². The number of carbonyl (C=O) groups excluding carboxylic acids is 1. The van der Waals surface area contributed by atoms with Crippen LogP contribution in [0.5, 0.6) is 0 Å². The fourth-order valence-corrected chi connectivity index (χ4v) is 4.53. The van der Waals surface area contributed by atoms with Gasteiger partial charge in [-0.15, -0.1) is 0 Å². The van der Waals surface area contributed by atoms with E-state index in [1.54, 1.807) is 12.1 Å². The molecule has 4 nitrogen and oxygen atoms in total. The van der Waals surface area contributed by atoms with E-state index in [4.69, 9.17) is 10.5 Å². The molecule has 0 aromatic heterocycles. The number of nitrogens with zero attached hydrogens (tertiary/aromatic N) is 1. The van der Waals surface area contributed by atoms with Crippen molar-refractivity contribution in [2.24, 2.45) is 5.92 Å². The maximum absolute atomic E-state index is 14.9. The van der Waals surface area contributed by atoms with Gasteiger partial charge in [0.05, 0.1) is 5.92 Å². The van der Waals surface area contributed by atoms with Crippen molar-refractivity contribution < 1.29 is 18.3 Å². The Balaban J connectivity index is 1.53. The van der Waals surface area contributed by atoms with Crippen LogP contribution in [0.3, 0.4) is 0 Å². The molecule has 2 aliphatic rings. The molecule has 3 rings (SSSR count). The number of ether oxygens (including phenoxy) is 1. The molecule has 1 aromatic rings. The van der Waals surface area contributed by atoms with Crippen molar-refractivity contribution in [3.05, 3.63) is 29.6 Å². The number of nitrogens with two attached hydrogens (primary N) is 1. The van der Waals surface area contributed by atoms with E-state index in [-0.39, 0.29) is 36.1 Å². The predicted octanol–water partition coefficient (Wildman–Crippen LogP) is 4.44. The number of piperidine rings is 1. The van der Waals surface area contributed by atoms with Crippen LogP contribution in [0.25, 0.3) is 0 Å². The summed E-state index contributed by atoms with van der Waals surface area (Å²) in [5.74, 6) is -0.745. The Morgan fingerprint density at radius 1 is 1.18 bits per heavy atom. The molecule has 2 fully saturated rings. The number of rotatable bonds is 3. The van der Waals surface area contributed by atoms with Gasteiger partial charge in [0.2, 0.25) is 0 Å². The molecule has 3 atom stereocenters. The molecular formula is C22H32F2N2O2. The fourth-order valence-electron chi connectivity index (χ4n) is 4.53. The third-order valence-electron chi connectivity index (χ3n) is 5.94. The normalized spacial score (nSPS) is 27.5. The molecular weight excluding hydrogens is 362 g/mol. The second-order valence-electron chi connectivity index (χ2n) is 9.22. The molecule has 0 radical (unpaired) electrons. The Bertz CT molecular complexity index is 696. The Morgan fingerprint density at radius 2 is 1.86 bits per heavy atom. The lowest BCUT2D eigenvalue weighted by Gasteiger charge is -2.42. The van der Waals surface area contributed by atoms with E-state index in [0.29, 0.717) is 24.1 Å². The first-order chi connectivity index (χ1) is 13.1. The zero-order valence-electron chi connectivity index (χ0n) is 17.1. The van der Waals surface area contributed by atoms with Crippen molar-refractivity contribution in [2.45, 2.75) is 76.6 Å². The summed E-state index contributed by atoms with van der Waals surface area (Å²) >= 11 is 0. The topological polar surface area (TPSA) is 55.6 Å². The second kappa shape index (κ2) is 8.36. The minimum Gasteiger partial charge on any atom is -0.460 e. The highest BCUT2D eigenvalue weighted by Crippen LogP contribution is 2.36. The van der Waals surface area contributed by atoms with E-state index in [0.717, 1.165) is 25.9 Å². The Labute approximate surface area is 166 Å². The number of carbonyl (C=O) groups is 1. The average Bonchev–Trinajstić information content (AvgIpc) is 2.60. The molecule has 28 heavy (non-hydrogen) atoms. The van der Waals surface area contributed by atoms with E-state index in [1.165, 1.54) is 6.07 Å². The quantitative estimate of drug-likeness (QED) is 0.608. The van der Waals surface area contributed by atoms with Gasteiger partial charge in [0.1, 0.15) is 17.6 Å². The summed E-state index contributed by atoms with van der Waals surface area (Å²) in [5.41, 5.74) is 6.23. The van der Waals surface area contributed by atoms with E-state index >= 15 is 0 Å². The smallest absolute Gasteiger partial charge is 0.309 e. The van der Waals surface area contributed by atoms with Gasteiger partial charge in [-0.05, 0) is 89.6 Å². The van der Waals surface area contributed by atoms with Crippen LogP contribution in [0.2, 0.25) is 0 Å². The van der Waals surface area contributed by atoms with Crippen LogP contribution in [0.1, 0.15) is 64.4 Å². The van der Waals surface area contributed by atoms with Gasteiger partial charge in [-0.1, -0.05) is 6.07 Å². The number of anilines is 1. The van der Waals surface area contributed by atoms with Gasteiger partial charge >= 0.3 is 5.97 Å². The summed E-state index contributed by atoms with van der Waals surface area (Å²) in [6.07, 6.45) is 2.13. The lowest BCUT2D eigenvalue weighted by Crippen LogP contribution is -2.49. The molecule has 2 N–H and O–H groups in total. The first-order valence-corrected chi connectivity index (χ1v) is 10.3. The van der Waals surface area contributed by atoms with Gasteiger partial charge in [0.25, 0.3) is 0 Å². The lowest BCUT2D eigenvalue weighted by atomic mass is 9.82. The number of nitrogen functional groups attached to an aromatic ring is 1. The third-order valence-corrected chi connectivity index (χ3v) is 5.94. The maximum Gasteiger partial charge on any atom is 0.309 e. The van der Waals surface area contributed by atoms with E-state index < -0.39 is 11.8 Å². The summed E-state index contributed by atoms with van der Waals surface area (Å²) < 4.78 is 34.5. The molecule has 0 spiro atoms. The molecule has 156 valence electrons. The van der Waals surface area contributed by atoms with Crippen LogP contribution in [-0.2, 0) is 9.53 Å². The van der Waals surface area contributed by atoms with Crippen molar-refractivity contribution in [1.82, 2.24) is 4.90 Å². The van der Waals surface area contributed by atoms with Crippen LogP contribution in [-0.4, -0.2) is 41.8 Å². The number of hydrogen-bond acceptors (Lipinski definition) is 4. The van der Waals surface area contributed by atoms with Crippen LogP contribution in [0.4, 0.5) is 14.5 Å². The van der Waals surface area contributed by atoms with E-state index in [9.17, 15) is 13.6 Å². The number of hydrogen-bond donors (Lipinski definition) is 1. The van der Waals surface area contributed by atoms with Crippen molar-refractivity contribution in [3.63, 3.8) is 0 Å². The fraction of sp³-hybridized carbons (Fsp3) is 0.682. The Morgan fingerprint density at radius 3 is 2.43 bits per heavy atom. The number of esters is 1. The van der Waals surface area contributed by atoms with Crippen molar-refractivity contribution >= 4 is 11.7 Å². The number of halogens is 2. The summed E-state index contributed by atoms with van der Waals surface area (Å²) in [6.45, 7) is 6.99. The minimum atomic E-state index is -1.03. The first-order valence-electron chi connectivity index (χ1n) is 10.3. The monoisotopic (exact) mass is 394 g/mol. The lowest BCUT2D eigenvalue weighted by molar-refractivity contribution is -0.162. The number of alkyl halides is 1. The number of benzene rings is 1. The molecule has 1 aromatic carbocycles. The molecule has 1 aliphatic heterocycles. The average molecular weight is 395 g/mol. The highest BCUT2D eigenvalue weighted by Gasteiger charge is 2.39. The zero-order valence-corrected chi connectivity index (χ0v) is 17.1. The highest BCUT2D eigenvalue weighted by atomic mass is 19.1. The Hall–Kier alpha value is -1.69. The summed E-state index contributed by atoms with van der Waals surface area (Å²) in [7, 11) is 0. The molecule has 1 saturated carbocycles. The largest absolute Gasteiger partial charge is 0.460 e. The zero-order chi connectivity index (χ0) is 20.5. The van der Waals surface area contributed by atoms with E-state index in [2.05, 4.69) is 4.90 Å². The van der Waals surface area contributed by atoms with Gasteiger partial charge in [0.15, 0.2) is 0 Å². The van der Waals surface area contributed by atoms with Gasteiger partial charge in [-0.2, -0.15) is 0 Å². The standard InChI is InChI=1S/C22H32F2N2O2/c1-22(2,3)28-21(27)15-4-7-20(19(24)12-15)26-10-8-14(9-11-26)17-6-5-16(25)13-18(17)23/h5-6,13-15,19-20H,4,7-12,25H2,1-3H3/t15-,19+,20-/m1/s1. The molecule has 6 heteroatoms. The van der Waals surface area contributed by atoms with E-state index in [1.807, 2.05) is 20.8 Å². The van der Waals surface area contributed by atoms with Gasteiger partial charge < -0.3 is 10.5 Å². The third kappa shape index (κ3) is 5.02. The molecule has 1 heterocycles. The highest BCUT2D eigenvalue weighted by molar-refractivity contribution is 5.73. The second-order valence-corrected chi connectivity index (χ2v) is 9.22. The predicted molar refractivity (Wildman–Crippen MR) is 106 cm³/mol. The van der Waals surface area contributed by atoms with Gasteiger partial charge in [-0.25, -0.2) is 8.78 Å². The number of likely N-dealkylation sites (tertiary alicyclic amines) is 1. The van der Waals surface area contributed by atoms with Crippen LogP contribution in [0.15, 0.2) is 18.2 Å². The molecule has 0 amide bonds. The minimum absolute atomic E-state index is 0.146.